The Bertz CT molecular complexity index is 1310. The number of methoxy groups -OCH3 is 1. The number of aryl methyl sites for hydroxylation is 1. The Morgan fingerprint density at radius 3 is 2.30 bits per heavy atom. The van der Waals surface area contributed by atoms with Crippen LogP contribution in [0.15, 0.2) is 39.5 Å². The number of aliphatic hydroxyl groups excluding tert-OH is 3. The predicted octanol–water partition coefficient (Wildman–Crippen LogP) is 2.67. The van der Waals surface area contributed by atoms with E-state index in [9.17, 15) is 30.3 Å². The molecule has 3 aromatic rings. The number of phenolic OH excluding ortho intramolecular Hbond substituents is 2. The number of aliphatic hydroxyl groups is 3. The number of hydrogen-bond acceptors (Lipinski definition) is 10. The highest BCUT2D eigenvalue weighted by molar-refractivity contribution is 5.91. The van der Waals surface area contributed by atoms with Gasteiger partial charge in [-0.15, -0.1) is 0 Å². The van der Waals surface area contributed by atoms with Crippen molar-refractivity contribution >= 4 is 11.0 Å². The third-order valence-corrected chi connectivity index (χ3v) is 6.55. The van der Waals surface area contributed by atoms with E-state index in [1.54, 1.807) is 24.3 Å². The standard InChI is InChI=1S/C27H32O10/c1-12(2)5-10-16-17(28)11-18(29)19-21(31)26(37-27-23(33)22(32)20(30)13(3)35-27)24(36-25(16)19)14-6-8-15(34-4)9-7-14/h6-9,11-13,20,22-23,27-30,32-33H,5,10H2,1-4H3. The summed E-state index contributed by atoms with van der Waals surface area (Å²) < 4.78 is 22.7. The van der Waals surface area contributed by atoms with Gasteiger partial charge in [-0.25, -0.2) is 0 Å². The Hall–Kier alpha value is -3.31. The van der Waals surface area contributed by atoms with E-state index in [0.717, 1.165) is 6.07 Å². The SMILES string of the molecule is COc1ccc(-c2oc3c(CCC(C)C)c(O)cc(O)c3c(=O)c2OC2OC(C)C(O)C(O)C2O)cc1. The van der Waals surface area contributed by atoms with E-state index in [0.29, 0.717) is 35.6 Å². The lowest BCUT2D eigenvalue weighted by Crippen LogP contribution is -2.58. The lowest BCUT2D eigenvalue weighted by atomic mass is 9.98. The summed E-state index contributed by atoms with van der Waals surface area (Å²) >= 11 is 0. The zero-order valence-electron chi connectivity index (χ0n) is 21.0. The van der Waals surface area contributed by atoms with Crippen molar-refractivity contribution in [2.24, 2.45) is 5.92 Å². The number of benzene rings is 2. The molecule has 10 heteroatoms. The van der Waals surface area contributed by atoms with E-state index in [-0.39, 0.29) is 28.2 Å². The molecular formula is C27H32O10. The molecule has 0 spiro atoms. The van der Waals surface area contributed by atoms with E-state index in [4.69, 9.17) is 18.6 Å². The van der Waals surface area contributed by atoms with Gasteiger partial charge < -0.3 is 44.2 Å². The van der Waals surface area contributed by atoms with Crippen LogP contribution in [-0.2, 0) is 11.2 Å². The Kier molecular flexibility index (Phi) is 7.65. The minimum absolute atomic E-state index is 0.00949. The maximum Gasteiger partial charge on any atom is 0.239 e. The molecule has 0 saturated carbocycles. The molecule has 5 unspecified atom stereocenters. The number of fused-ring (bicyclic) bond motifs is 1. The van der Waals surface area contributed by atoms with Crippen molar-refractivity contribution in [3.8, 4) is 34.3 Å². The van der Waals surface area contributed by atoms with Crippen molar-refractivity contribution in [2.45, 2.75) is 64.3 Å². The summed E-state index contributed by atoms with van der Waals surface area (Å²) in [5, 5.41) is 51.7. The second kappa shape index (κ2) is 10.6. The molecular weight excluding hydrogens is 484 g/mol. The van der Waals surface area contributed by atoms with Gasteiger partial charge >= 0.3 is 0 Å². The summed E-state index contributed by atoms with van der Waals surface area (Å²) in [6.07, 6.45) is -5.98. The molecule has 1 fully saturated rings. The third kappa shape index (κ3) is 5.10. The third-order valence-electron chi connectivity index (χ3n) is 6.55. The summed E-state index contributed by atoms with van der Waals surface area (Å²) in [5.74, 6) is -0.283. The molecule has 5 atom stereocenters. The van der Waals surface area contributed by atoms with Gasteiger partial charge in [-0.2, -0.15) is 0 Å². The van der Waals surface area contributed by atoms with Crippen molar-refractivity contribution in [3.05, 3.63) is 46.1 Å². The number of ether oxygens (including phenoxy) is 3. The molecule has 2 aromatic carbocycles. The number of hydrogen-bond donors (Lipinski definition) is 5. The average Bonchev–Trinajstić information content (AvgIpc) is 2.86. The van der Waals surface area contributed by atoms with Gasteiger partial charge in [-0.3, -0.25) is 4.79 Å². The zero-order valence-corrected chi connectivity index (χ0v) is 21.0. The van der Waals surface area contributed by atoms with E-state index in [1.165, 1.54) is 14.0 Å². The summed E-state index contributed by atoms with van der Waals surface area (Å²) in [5.41, 5.74) is 0.0158. The van der Waals surface area contributed by atoms with Crippen LogP contribution in [0.1, 0.15) is 32.8 Å². The van der Waals surface area contributed by atoms with Gasteiger partial charge in [0.2, 0.25) is 17.5 Å². The first-order valence-corrected chi connectivity index (χ1v) is 12.1. The molecule has 0 radical (unpaired) electrons. The first-order valence-electron chi connectivity index (χ1n) is 12.1. The summed E-state index contributed by atoms with van der Waals surface area (Å²) in [6.45, 7) is 5.53. The Morgan fingerprint density at radius 2 is 1.68 bits per heavy atom. The highest BCUT2D eigenvalue weighted by atomic mass is 16.7. The molecule has 0 amide bonds. The maximum absolute atomic E-state index is 13.8. The zero-order chi connectivity index (χ0) is 27.0. The smallest absolute Gasteiger partial charge is 0.239 e. The lowest BCUT2D eigenvalue weighted by Gasteiger charge is -2.38. The fourth-order valence-electron chi connectivity index (χ4n) is 4.31. The first-order chi connectivity index (χ1) is 17.5. The molecule has 1 saturated heterocycles. The van der Waals surface area contributed by atoms with Crippen molar-refractivity contribution < 1.29 is 44.2 Å². The number of aromatic hydroxyl groups is 2. The molecule has 5 N–H and O–H groups in total. The second-order valence-electron chi connectivity index (χ2n) is 9.65. The summed E-state index contributed by atoms with van der Waals surface area (Å²) in [4.78, 5) is 13.8. The van der Waals surface area contributed by atoms with Gasteiger partial charge in [0.25, 0.3) is 0 Å². The molecule has 0 bridgehead atoms. The van der Waals surface area contributed by atoms with E-state index in [2.05, 4.69) is 0 Å². The van der Waals surface area contributed by atoms with Gasteiger partial charge in [0, 0.05) is 17.2 Å². The van der Waals surface area contributed by atoms with Crippen LogP contribution in [0, 0.1) is 5.92 Å². The van der Waals surface area contributed by atoms with Crippen LogP contribution in [-0.4, -0.2) is 63.3 Å². The summed E-state index contributed by atoms with van der Waals surface area (Å²) in [6, 6.07) is 7.64. The molecule has 0 aliphatic carbocycles. The van der Waals surface area contributed by atoms with Crippen LogP contribution < -0.4 is 14.9 Å². The fraction of sp³-hybridized carbons (Fsp3) is 0.444. The fourth-order valence-corrected chi connectivity index (χ4v) is 4.31. The van der Waals surface area contributed by atoms with E-state index < -0.39 is 41.9 Å². The molecule has 2 heterocycles. The highest BCUT2D eigenvalue weighted by Gasteiger charge is 2.44. The molecule has 200 valence electrons. The highest BCUT2D eigenvalue weighted by Crippen LogP contribution is 2.40. The van der Waals surface area contributed by atoms with Crippen molar-refractivity contribution in [3.63, 3.8) is 0 Å². The second-order valence-corrected chi connectivity index (χ2v) is 9.65. The largest absolute Gasteiger partial charge is 0.507 e. The van der Waals surface area contributed by atoms with Crippen LogP contribution in [0.4, 0.5) is 0 Å². The van der Waals surface area contributed by atoms with Gasteiger partial charge in [0.05, 0.1) is 13.2 Å². The van der Waals surface area contributed by atoms with Gasteiger partial charge in [0.1, 0.15) is 46.5 Å². The first kappa shape index (κ1) is 26.7. The van der Waals surface area contributed by atoms with Gasteiger partial charge in [-0.1, -0.05) is 13.8 Å². The van der Waals surface area contributed by atoms with Gasteiger partial charge in [-0.05, 0) is 49.9 Å². The van der Waals surface area contributed by atoms with Crippen LogP contribution >= 0.6 is 0 Å². The minimum Gasteiger partial charge on any atom is -0.507 e. The van der Waals surface area contributed by atoms with Crippen molar-refractivity contribution in [1.29, 1.82) is 0 Å². The number of rotatable bonds is 7. The van der Waals surface area contributed by atoms with Gasteiger partial charge in [0.15, 0.2) is 5.76 Å². The van der Waals surface area contributed by atoms with Crippen LogP contribution in [0.5, 0.6) is 23.0 Å². The predicted molar refractivity (Wildman–Crippen MR) is 134 cm³/mol. The monoisotopic (exact) mass is 516 g/mol. The quantitative estimate of drug-likeness (QED) is 0.316. The molecule has 1 aliphatic heterocycles. The summed E-state index contributed by atoms with van der Waals surface area (Å²) in [7, 11) is 1.51. The maximum atomic E-state index is 13.8. The Labute approximate surface area is 213 Å². The Morgan fingerprint density at radius 1 is 1.00 bits per heavy atom. The lowest BCUT2D eigenvalue weighted by molar-refractivity contribution is -0.268. The molecule has 4 rings (SSSR count). The Balaban J connectivity index is 1.94. The van der Waals surface area contributed by atoms with Crippen LogP contribution in [0.2, 0.25) is 0 Å². The molecule has 1 aliphatic rings. The minimum atomic E-state index is -1.68. The van der Waals surface area contributed by atoms with Crippen LogP contribution in [0.25, 0.3) is 22.3 Å². The van der Waals surface area contributed by atoms with Crippen molar-refractivity contribution in [2.75, 3.05) is 7.11 Å². The number of phenols is 2. The molecule has 10 nitrogen and oxygen atoms in total. The average molecular weight is 517 g/mol. The topological polar surface area (TPSA) is 159 Å². The molecule has 37 heavy (non-hydrogen) atoms. The van der Waals surface area contributed by atoms with Crippen LogP contribution in [0.3, 0.4) is 0 Å². The molecule has 1 aromatic heterocycles. The van der Waals surface area contributed by atoms with E-state index in [1.807, 2.05) is 13.8 Å². The van der Waals surface area contributed by atoms with Crippen molar-refractivity contribution in [1.82, 2.24) is 0 Å². The normalized spacial score (nSPS) is 23.9. The van der Waals surface area contributed by atoms with E-state index >= 15 is 0 Å².